The van der Waals surface area contributed by atoms with Crippen LogP contribution in [0, 0.1) is 5.82 Å². The number of carbonyl (C=O) groups is 1. The van der Waals surface area contributed by atoms with E-state index < -0.39 is 0 Å². The van der Waals surface area contributed by atoms with Gasteiger partial charge in [-0.05, 0) is 42.7 Å². The van der Waals surface area contributed by atoms with Gasteiger partial charge in [-0.15, -0.1) is 5.10 Å². The van der Waals surface area contributed by atoms with E-state index in [1.54, 1.807) is 35.5 Å². The van der Waals surface area contributed by atoms with E-state index in [0.29, 0.717) is 36.9 Å². The Hall–Kier alpha value is -3.09. The third-order valence-electron chi connectivity index (χ3n) is 4.69. The average molecular weight is 366 g/mol. The number of amides is 1. The lowest BCUT2D eigenvalue weighted by Gasteiger charge is -2.30. The molecule has 1 saturated heterocycles. The molecule has 0 N–H and O–H groups in total. The molecule has 1 amide bonds. The van der Waals surface area contributed by atoms with E-state index in [4.69, 9.17) is 4.42 Å². The quantitative estimate of drug-likeness (QED) is 0.709. The number of rotatable bonds is 4. The molecular formula is C20H19FN4O2. The van der Waals surface area contributed by atoms with E-state index in [1.807, 2.05) is 6.07 Å². The van der Waals surface area contributed by atoms with Crippen molar-refractivity contribution in [2.75, 3.05) is 13.1 Å². The number of carbonyl (C=O) groups excluding carboxylic acids is 1. The van der Waals surface area contributed by atoms with Gasteiger partial charge in [-0.3, -0.25) is 4.79 Å². The number of piperidine rings is 1. The zero-order chi connectivity index (χ0) is 18.6. The molecule has 1 aliphatic rings. The van der Waals surface area contributed by atoms with Crippen molar-refractivity contribution in [3.05, 3.63) is 77.5 Å². The summed E-state index contributed by atoms with van der Waals surface area (Å²) in [5.74, 6) is 0.962. The summed E-state index contributed by atoms with van der Waals surface area (Å²) in [6.45, 7) is 1.22. The lowest BCUT2D eigenvalue weighted by molar-refractivity contribution is 0.0690. The molecule has 3 aromatic rings. The van der Waals surface area contributed by atoms with E-state index in [0.717, 1.165) is 18.4 Å². The van der Waals surface area contributed by atoms with Gasteiger partial charge in [-0.2, -0.15) is 5.10 Å². The second-order valence-corrected chi connectivity index (χ2v) is 6.67. The van der Waals surface area contributed by atoms with Gasteiger partial charge in [0.05, 0.1) is 12.1 Å². The molecule has 3 heterocycles. The van der Waals surface area contributed by atoms with Crippen LogP contribution in [0.15, 0.2) is 53.2 Å². The standard InChI is InChI=1S/C20H19FN4O2/c21-16-6-1-4-14(10-16)11-17-12-22-19(27-17)15-5-3-9-25(13-15)20(26)18-7-2-8-23-24-18/h1-2,4,6-8,10,12,15H,3,5,9,11,13H2/t15-/m1/s1. The smallest absolute Gasteiger partial charge is 0.274 e. The van der Waals surface area contributed by atoms with E-state index in [1.165, 1.54) is 12.1 Å². The number of hydrogen-bond acceptors (Lipinski definition) is 5. The van der Waals surface area contributed by atoms with Crippen LogP contribution in [-0.2, 0) is 6.42 Å². The average Bonchev–Trinajstić information content (AvgIpc) is 3.17. The first-order valence-corrected chi connectivity index (χ1v) is 8.95. The van der Waals surface area contributed by atoms with Crippen LogP contribution in [0.2, 0.25) is 0 Å². The van der Waals surface area contributed by atoms with Crippen LogP contribution < -0.4 is 0 Å². The van der Waals surface area contributed by atoms with Gasteiger partial charge < -0.3 is 9.32 Å². The summed E-state index contributed by atoms with van der Waals surface area (Å²) >= 11 is 0. The van der Waals surface area contributed by atoms with Gasteiger partial charge in [0.25, 0.3) is 5.91 Å². The molecule has 7 heteroatoms. The highest BCUT2D eigenvalue weighted by Gasteiger charge is 2.29. The monoisotopic (exact) mass is 366 g/mol. The first kappa shape index (κ1) is 17.3. The number of halogens is 1. The van der Waals surface area contributed by atoms with Gasteiger partial charge in [0, 0.05) is 25.7 Å². The molecular weight excluding hydrogens is 347 g/mol. The summed E-state index contributed by atoms with van der Waals surface area (Å²) in [4.78, 5) is 18.8. The number of benzene rings is 1. The molecule has 0 aliphatic carbocycles. The number of nitrogens with zero attached hydrogens (tertiary/aromatic N) is 4. The highest BCUT2D eigenvalue weighted by atomic mass is 19.1. The van der Waals surface area contributed by atoms with Gasteiger partial charge in [0.1, 0.15) is 11.6 Å². The van der Waals surface area contributed by atoms with Crippen molar-refractivity contribution >= 4 is 5.91 Å². The molecule has 0 bridgehead atoms. The Balaban J connectivity index is 1.44. The SMILES string of the molecule is O=C(c1cccnn1)N1CCC[C@@H](c2ncc(Cc3cccc(F)c3)o2)C1. The van der Waals surface area contributed by atoms with Crippen molar-refractivity contribution in [2.24, 2.45) is 0 Å². The number of oxazole rings is 1. The summed E-state index contributed by atoms with van der Waals surface area (Å²) in [6, 6.07) is 9.81. The zero-order valence-corrected chi connectivity index (χ0v) is 14.7. The minimum Gasteiger partial charge on any atom is -0.445 e. The minimum absolute atomic E-state index is 0.0423. The predicted octanol–water partition coefficient (Wildman–Crippen LogP) is 3.21. The normalized spacial score (nSPS) is 17.1. The summed E-state index contributed by atoms with van der Waals surface area (Å²) in [7, 11) is 0. The fraction of sp³-hybridized carbons (Fsp3) is 0.300. The van der Waals surface area contributed by atoms with Crippen LogP contribution in [0.25, 0.3) is 0 Å². The van der Waals surface area contributed by atoms with Crippen molar-refractivity contribution in [3.63, 3.8) is 0 Å². The maximum atomic E-state index is 13.3. The van der Waals surface area contributed by atoms with Crippen LogP contribution >= 0.6 is 0 Å². The number of hydrogen-bond donors (Lipinski definition) is 0. The Morgan fingerprint density at radius 1 is 1.30 bits per heavy atom. The van der Waals surface area contributed by atoms with Gasteiger partial charge in [-0.25, -0.2) is 9.37 Å². The van der Waals surface area contributed by atoms with Crippen LogP contribution in [0.5, 0.6) is 0 Å². The summed E-state index contributed by atoms with van der Waals surface area (Å²) in [6.07, 6.45) is 5.49. The minimum atomic E-state index is -0.266. The molecule has 0 saturated carbocycles. The van der Waals surface area contributed by atoms with E-state index in [2.05, 4.69) is 15.2 Å². The fourth-order valence-corrected chi connectivity index (χ4v) is 3.38. The number of likely N-dealkylation sites (tertiary alicyclic amines) is 1. The first-order chi connectivity index (χ1) is 13.2. The third kappa shape index (κ3) is 4.02. The topological polar surface area (TPSA) is 72.1 Å². The predicted molar refractivity (Wildman–Crippen MR) is 95.6 cm³/mol. The number of aromatic nitrogens is 3. The van der Waals surface area contributed by atoms with E-state index >= 15 is 0 Å². The van der Waals surface area contributed by atoms with Crippen molar-refractivity contribution in [3.8, 4) is 0 Å². The van der Waals surface area contributed by atoms with Crippen molar-refractivity contribution in [1.82, 2.24) is 20.1 Å². The second-order valence-electron chi connectivity index (χ2n) is 6.67. The molecule has 1 aliphatic heterocycles. The largest absolute Gasteiger partial charge is 0.445 e. The van der Waals surface area contributed by atoms with Crippen molar-refractivity contribution < 1.29 is 13.6 Å². The molecule has 0 spiro atoms. The lowest BCUT2D eigenvalue weighted by Crippen LogP contribution is -2.39. The molecule has 0 unspecified atom stereocenters. The highest BCUT2D eigenvalue weighted by molar-refractivity contribution is 5.92. The maximum Gasteiger partial charge on any atom is 0.274 e. The Kier molecular flexibility index (Phi) is 4.91. The van der Waals surface area contributed by atoms with Crippen LogP contribution in [-0.4, -0.2) is 39.1 Å². The first-order valence-electron chi connectivity index (χ1n) is 8.95. The third-order valence-corrected chi connectivity index (χ3v) is 4.69. The molecule has 1 atom stereocenters. The van der Waals surface area contributed by atoms with E-state index in [9.17, 15) is 9.18 Å². The molecule has 0 radical (unpaired) electrons. The van der Waals surface area contributed by atoms with Crippen LogP contribution in [0.4, 0.5) is 4.39 Å². The lowest BCUT2D eigenvalue weighted by atomic mass is 9.97. The van der Waals surface area contributed by atoms with Gasteiger partial charge >= 0.3 is 0 Å². The molecule has 1 fully saturated rings. The Morgan fingerprint density at radius 2 is 2.22 bits per heavy atom. The molecule has 4 rings (SSSR count). The summed E-state index contributed by atoms with van der Waals surface area (Å²) < 4.78 is 19.2. The zero-order valence-electron chi connectivity index (χ0n) is 14.7. The van der Waals surface area contributed by atoms with Crippen molar-refractivity contribution in [2.45, 2.75) is 25.2 Å². The van der Waals surface area contributed by atoms with Gasteiger partial charge in [0.15, 0.2) is 11.6 Å². The van der Waals surface area contributed by atoms with Gasteiger partial charge in [-0.1, -0.05) is 12.1 Å². The maximum absolute atomic E-state index is 13.3. The van der Waals surface area contributed by atoms with E-state index in [-0.39, 0.29) is 17.6 Å². The highest BCUT2D eigenvalue weighted by Crippen LogP contribution is 2.28. The Morgan fingerprint density at radius 3 is 3.04 bits per heavy atom. The fourth-order valence-electron chi connectivity index (χ4n) is 3.38. The van der Waals surface area contributed by atoms with Crippen molar-refractivity contribution in [1.29, 1.82) is 0 Å². The summed E-state index contributed by atoms with van der Waals surface area (Å²) in [5.41, 5.74) is 1.18. The molecule has 138 valence electrons. The Bertz CT molecular complexity index is 928. The van der Waals surface area contributed by atoms with Crippen LogP contribution in [0.1, 0.15) is 46.5 Å². The second kappa shape index (κ2) is 7.65. The summed E-state index contributed by atoms with van der Waals surface area (Å²) in [5, 5.41) is 7.67. The molecule has 27 heavy (non-hydrogen) atoms. The van der Waals surface area contributed by atoms with Crippen LogP contribution in [0.3, 0.4) is 0 Å². The molecule has 6 nitrogen and oxygen atoms in total. The Labute approximate surface area is 156 Å². The van der Waals surface area contributed by atoms with Gasteiger partial charge in [0.2, 0.25) is 0 Å². The molecule has 2 aromatic heterocycles. The molecule has 1 aromatic carbocycles.